The molecule has 0 radical (unpaired) electrons. The van der Waals surface area contributed by atoms with Crippen molar-refractivity contribution in [2.45, 2.75) is 36.2 Å². The van der Waals surface area contributed by atoms with Crippen LogP contribution in [0.15, 0.2) is 54.6 Å². The summed E-state index contributed by atoms with van der Waals surface area (Å²) in [6.45, 7) is 4.65. The minimum Gasteiger partial charge on any atom is -1.00 e. The molecule has 1 heterocycles. The molecule has 5 heteroatoms. The molecule has 2 aromatic carbocycles. The van der Waals surface area contributed by atoms with Crippen LogP contribution in [0.1, 0.15) is 43.4 Å². The molecule has 0 bridgehead atoms. The van der Waals surface area contributed by atoms with E-state index in [1.165, 1.54) is 4.90 Å². The van der Waals surface area contributed by atoms with Gasteiger partial charge in [-0.15, -0.1) is 0 Å². The van der Waals surface area contributed by atoms with Gasteiger partial charge in [0.05, 0.1) is 25.4 Å². The lowest BCUT2D eigenvalue weighted by atomic mass is 9.82. The largest absolute Gasteiger partial charge is 1.00 e. The molecule has 0 fully saturated rings. The monoisotopic (exact) mass is 393 g/mol. The number of hydrogen-bond acceptors (Lipinski definition) is 2. The summed E-state index contributed by atoms with van der Waals surface area (Å²) in [7, 11) is 0.768. The van der Waals surface area contributed by atoms with E-state index in [4.69, 9.17) is 0 Å². The molecule has 3 nitrogen and oxygen atoms in total. The van der Waals surface area contributed by atoms with Crippen molar-refractivity contribution in [1.82, 2.24) is 0 Å². The van der Waals surface area contributed by atoms with E-state index in [1.54, 1.807) is 0 Å². The molecule has 0 aromatic heterocycles. The van der Waals surface area contributed by atoms with Gasteiger partial charge < -0.3 is 17.3 Å². The molecule has 0 amide bonds. The van der Waals surface area contributed by atoms with Crippen molar-refractivity contribution in [2.75, 3.05) is 20.6 Å². The number of fused-ring (bicyclic) bond motifs is 1. The molecule has 1 atom stereocenters. The zero-order valence-corrected chi connectivity index (χ0v) is 17.5. The Morgan fingerprint density at radius 3 is 2.00 bits per heavy atom. The van der Waals surface area contributed by atoms with E-state index >= 15 is 0 Å². The number of benzene rings is 2. The van der Waals surface area contributed by atoms with Gasteiger partial charge in [-0.1, -0.05) is 54.6 Å². The van der Waals surface area contributed by atoms with Crippen molar-refractivity contribution in [3.8, 4) is 0 Å². The Labute approximate surface area is 163 Å². The Hall–Kier alpha value is -1.36. The number of sulfone groups is 1. The van der Waals surface area contributed by atoms with Crippen LogP contribution in [0.2, 0.25) is 0 Å². The minimum atomic E-state index is -3.45. The Balaban J connectivity index is 0.00000243. The molecular formula is C21H28ClNO2S. The zero-order chi connectivity index (χ0) is 18.3. The van der Waals surface area contributed by atoms with Crippen molar-refractivity contribution in [1.29, 1.82) is 0 Å². The first-order valence-electron chi connectivity index (χ1n) is 8.94. The first-order chi connectivity index (χ1) is 11.7. The molecule has 0 spiro atoms. The second-order valence-electron chi connectivity index (χ2n) is 7.81. The molecule has 1 N–H and O–H groups in total. The molecule has 0 saturated heterocycles. The van der Waals surface area contributed by atoms with Gasteiger partial charge in [0.15, 0.2) is 9.84 Å². The van der Waals surface area contributed by atoms with E-state index in [2.05, 4.69) is 14.1 Å². The third kappa shape index (κ3) is 2.88. The van der Waals surface area contributed by atoms with E-state index < -0.39 is 19.3 Å². The highest BCUT2D eigenvalue weighted by Gasteiger charge is 2.61. The van der Waals surface area contributed by atoms with Gasteiger partial charge in [0, 0.05) is 0 Å². The molecule has 142 valence electrons. The van der Waals surface area contributed by atoms with E-state index in [9.17, 15) is 8.42 Å². The smallest absolute Gasteiger partial charge is 0.173 e. The van der Waals surface area contributed by atoms with Crippen molar-refractivity contribution >= 4 is 9.84 Å². The number of halogens is 1. The summed E-state index contributed by atoms with van der Waals surface area (Å²) in [4.78, 5) is 1.34. The Kier molecular flexibility index (Phi) is 5.91. The number of nitrogens with one attached hydrogen (secondary N) is 1. The van der Waals surface area contributed by atoms with Crippen LogP contribution in [0.25, 0.3) is 0 Å². The first-order valence-corrected chi connectivity index (χ1v) is 10.4. The van der Waals surface area contributed by atoms with E-state index in [0.717, 1.165) is 29.7 Å². The quantitative estimate of drug-likeness (QED) is 0.745. The molecule has 3 rings (SSSR count). The fourth-order valence-electron chi connectivity index (χ4n) is 4.21. The Morgan fingerprint density at radius 1 is 0.885 bits per heavy atom. The highest BCUT2D eigenvalue weighted by molar-refractivity contribution is 7.93. The SMILES string of the molecule is C[NH+](C)CCCC1(c2ccccc2)c2ccccc2C(C)(C)S1(=O)=O.[Cl-]. The Morgan fingerprint density at radius 2 is 1.42 bits per heavy atom. The Bertz CT molecular complexity index is 863. The summed E-state index contributed by atoms with van der Waals surface area (Å²) < 4.78 is 25.9. The summed E-state index contributed by atoms with van der Waals surface area (Å²) in [5.41, 5.74) is 2.79. The predicted octanol–water partition coefficient (Wildman–Crippen LogP) is -0.478. The third-order valence-corrected chi connectivity index (χ3v) is 8.73. The molecule has 1 aliphatic rings. The zero-order valence-electron chi connectivity index (χ0n) is 15.9. The lowest BCUT2D eigenvalue weighted by Crippen LogP contribution is -3.05. The highest BCUT2D eigenvalue weighted by atomic mass is 35.5. The topological polar surface area (TPSA) is 38.6 Å². The van der Waals surface area contributed by atoms with Gasteiger partial charge in [-0.2, -0.15) is 0 Å². The van der Waals surface area contributed by atoms with E-state index in [1.807, 2.05) is 68.4 Å². The summed E-state index contributed by atoms with van der Waals surface area (Å²) >= 11 is 0. The van der Waals surface area contributed by atoms with Crippen molar-refractivity contribution in [2.24, 2.45) is 0 Å². The van der Waals surface area contributed by atoms with Crippen LogP contribution in [0.5, 0.6) is 0 Å². The van der Waals surface area contributed by atoms with Crippen LogP contribution in [-0.4, -0.2) is 29.1 Å². The minimum absolute atomic E-state index is 0. The maximum atomic E-state index is 13.9. The molecule has 26 heavy (non-hydrogen) atoms. The molecule has 1 unspecified atom stereocenters. The molecule has 0 aliphatic carbocycles. The normalized spacial score (nSPS) is 22.7. The predicted molar refractivity (Wildman–Crippen MR) is 103 cm³/mol. The highest BCUT2D eigenvalue weighted by Crippen LogP contribution is 2.57. The van der Waals surface area contributed by atoms with Crippen molar-refractivity contribution in [3.63, 3.8) is 0 Å². The van der Waals surface area contributed by atoms with Crippen LogP contribution in [0.3, 0.4) is 0 Å². The molecule has 1 aliphatic heterocycles. The van der Waals surface area contributed by atoms with Gasteiger partial charge in [0.25, 0.3) is 0 Å². The average Bonchev–Trinajstić information content (AvgIpc) is 2.71. The summed E-state index contributed by atoms with van der Waals surface area (Å²) in [5, 5.41) is 0. The van der Waals surface area contributed by atoms with Crippen molar-refractivity contribution < 1.29 is 25.7 Å². The van der Waals surface area contributed by atoms with E-state index in [0.29, 0.717) is 6.42 Å². The second-order valence-corrected chi connectivity index (χ2v) is 10.5. The van der Waals surface area contributed by atoms with Crippen LogP contribution in [0.4, 0.5) is 0 Å². The van der Waals surface area contributed by atoms with Gasteiger partial charge in [-0.05, 0) is 43.4 Å². The van der Waals surface area contributed by atoms with Gasteiger partial charge >= 0.3 is 0 Å². The fraction of sp³-hybridized carbons (Fsp3) is 0.429. The summed E-state index contributed by atoms with van der Waals surface area (Å²) in [6, 6.07) is 17.7. The maximum absolute atomic E-state index is 13.9. The van der Waals surface area contributed by atoms with Crippen LogP contribution < -0.4 is 17.3 Å². The summed E-state index contributed by atoms with van der Waals surface area (Å²) in [5.74, 6) is 0. The lowest BCUT2D eigenvalue weighted by Gasteiger charge is -2.33. The lowest BCUT2D eigenvalue weighted by molar-refractivity contribution is -0.858. The first kappa shape index (κ1) is 20.9. The third-order valence-electron chi connectivity index (χ3n) is 5.59. The molecule has 0 saturated carbocycles. The van der Waals surface area contributed by atoms with Gasteiger partial charge in [-0.3, -0.25) is 0 Å². The van der Waals surface area contributed by atoms with Gasteiger partial charge in [-0.25, -0.2) is 8.42 Å². The van der Waals surface area contributed by atoms with Crippen molar-refractivity contribution in [3.05, 3.63) is 71.3 Å². The van der Waals surface area contributed by atoms with Crippen LogP contribution in [0, 0.1) is 0 Å². The van der Waals surface area contributed by atoms with Crippen LogP contribution in [-0.2, 0) is 19.3 Å². The number of hydrogen-bond donors (Lipinski definition) is 1. The van der Waals surface area contributed by atoms with Gasteiger partial charge in [0.2, 0.25) is 0 Å². The van der Waals surface area contributed by atoms with Gasteiger partial charge in [0.1, 0.15) is 4.75 Å². The standard InChI is InChI=1S/C21H27NO2S.ClH/c1-20(2)18-13-8-9-14-19(18)21(25(20,23)24,15-10-16-22(3)4)17-11-6-5-7-12-17;/h5-9,11-14H,10,15-16H2,1-4H3;1H. The maximum Gasteiger partial charge on any atom is 0.173 e. The number of rotatable bonds is 5. The summed E-state index contributed by atoms with van der Waals surface area (Å²) in [6.07, 6.45) is 1.48. The number of quaternary nitrogens is 1. The van der Waals surface area contributed by atoms with E-state index in [-0.39, 0.29) is 12.4 Å². The molecule has 2 aromatic rings. The second kappa shape index (κ2) is 7.34. The van der Waals surface area contributed by atoms with Crippen LogP contribution >= 0.6 is 0 Å². The molecular weight excluding hydrogens is 366 g/mol. The fourth-order valence-corrected chi connectivity index (χ4v) is 6.87. The average molecular weight is 394 g/mol.